The average Bonchev–Trinajstić information content (AvgIpc) is 3.38. The van der Waals surface area contributed by atoms with Crippen LogP contribution in [-0.4, -0.2) is 38.8 Å². The fourth-order valence-corrected chi connectivity index (χ4v) is 3.85. The molecule has 0 aliphatic heterocycles. The second-order valence-electron chi connectivity index (χ2n) is 7.35. The maximum atomic E-state index is 13.3. The summed E-state index contributed by atoms with van der Waals surface area (Å²) in [5.74, 6) is -0.157. The molecule has 152 valence electrons. The SMILES string of the molecule is CC(C)N(CC(=O)N(Cc1ccccc1)Cc1cccn1C)C(=O)c1cccs1. The molecule has 3 rings (SSSR count). The van der Waals surface area contributed by atoms with E-state index in [0.717, 1.165) is 11.3 Å². The maximum absolute atomic E-state index is 13.3. The number of thiophene rings is 1. The van der Waals surface area contributed by atoms with Crippen LogP contribution < -0.4 is 0 Å². The van der Waals surface area contributed by atoms with Crippen molar-refractivity contribution in [3.63, 3.8) is 0 Å². The van der Waals surface area contributed by atoms with Gasteiger partial charge in [0.25, 0.3) is 5.91 Å². The summed E-state index contributed by atoms with van der Waals surface area (Å²) in [5.41, 5.74) is 2.12. The molecule has 2 heterocycles. The normalized spacial score (nSPS) is 10.9. The van der Waals surface area contributed by atoms with E-state index >= 15 is 0 Å². The van der Waals surface area contributed by atoms with Gasteiger partial charge in [-0.1, -0.05) is 36.4 Å². The van der Waals surface area contributed by atoms with Crippen LogP contribution in [0.15, 0.2) is 66.2 Å². The second-order valence-corrected chi connectivity index (χ2v) is 8.30. The summed E-state index contributed by atoms with van der Waals surface area (Å²) >= 11 is 1.40. The average molecular weight is 410 g/mol. The number of benzene rings is 1. The number of nitrogens with zero attached hydrogens (tertiary/aromatic N) is 3. The van der Waals surface area contributed by atoms with E-state index in [1.54, 1.807) is 11.0 Å². The lowest BCUT2D eigenvalue weighted by Gasteiger charge is -2.30. The smallest absolute Gasteiger partial charge is 0.264 e. The quantitative estimate of drug-likeness (QED) is 0.561. The highest BCUT2D eigenvalue weighted by Crippen LogP contribution is 2.16. The number of carbonyl (C=O) groups excluding carboxylic acids is 2. The van der Waals surface area contributed by atoms with Crippen LogP contribution >= 0.6 is 11.3 Å². The minimum absolute atomic E-state index is 0.0612. The van der Waals surface area contributed by atoms with Crippen molar-refractivity contribution in [2.45, 2.75) is 33.0 Å². The van der Waals surface area contributed by atoms with Crippen molar-refractivity contribution in [3.8, 4) is 0 Å². The van der Waals surface area contributed by atoms with Crippen molar-refractivity contribution in [1.82, 2.24) is 14.4 Å². The Morgan fingerprint density at radius 2 is 1.76 bits per heavy atom. The molecule has 0 saturated heterocycles. The van der Waals surface area contributed by atoms with Crippen LogP contribution in [0, 0.1) is 0 Å². The predicted molar refractivity (Wildman–Crippen MR) is 117 cm³/mol. The van der Waals surface area contributed by atoms with Crippen LogP contribution in [0.25, 0.3) is 0 Å². The zero-order valence-corrected chi connectivity index (χ0v) is 17.9. The second kappa shape index (κ2) is 9.56. The molecule has 0 N–H and O–H groups in total. The molecule has 2 aromatic heterocycles. The summed E-state index contributed by atoms with van der Waals surface area (Å²) in [6, 6.07) is 17.5. The number of hydrogen-bond donors (Lipinski definition) is 0. The van der Waals surface area contributed by atoms with Gasteiger partial charge >= 0.3 is 0 Å². The first-order valence-corrected chi connectivity index (χ1v) is 10.6. The molecule has 0 saturated carbocycles. The van der Waals surface area contributed by atoms with Gasteiger partial charge in [-0.25, -0.2) is 0 Å². The van der Waals surface area contributed by atoms with Crippen LogP contribution in [0.1, 0.15) is 34.8 Å². The number of carbonyl (C=O) groups is 2. The van der Waals surface area contributed by atoms with Crippen molar-refractivity contribution in [3.05, 3.63) is 82.3 Å². The molecule has 6 heteroatoms. The molecule has 0 aliphatic carbocycles. The highest BCUT2D eigenvalue weighted by Gasteiger charge is 2.25. The predicted octanol–water partition coefficient (Wildman–Crippen LogP) is 4.17. The van der Waals surface area contributed by atoms with E-state index in [1.807, 2.05) is 90.5 Å². The zero-order valence-electron chi connectivity index (χ0n) is 17.1. The van der Waals surface area contributed by atoms with Crippen LogP contribution in [0.5, 0.6) is 0 Å². The minimum Gasteiger partial charge on any atom is -0.353 e. The Morgan fingerprint density at radius 1 is 1.00 bits per heavy atom. The van der Waals surface area contributed by atoms with Gasteiger partial charge in [-0.3, -0.25) is 9.59 Å². The monoisotopic (exact) mass is 409 g/mol. The van der Waals surface area contributed by atoms with E-state index in [4.69, 9.17) is 0 Å². The third-order valence-electron chi connectivity index (χ3n) is 4.89. The Kier molecular flexibility index (Phi) is 6.88. The van der Waals surface area contributed by atoms with Crippen molar-refractivity contribution in [2.75, 3.05) is 6.54 Å². The molecule has 0 fully saturated rings. The van der Waals surface area contributed by atoms with Gasteiger partial charge < -0.3 is 14.4 Å². The lowest BCUT2D eigenvalue weighted by Crippen LogP contribution is -2.45. The van der Waals surface area contributed by atoms with Crippen LogP contribution in [0.3, 0.4) is 0 Å². The fraction of sp³-hybridized carbons (Fsp3) is 0.304. The Labute approximate surface area is 176 Å². The van der Waals surface area contributed by atoms with Crippen LogP contribution in [0.4, 0.5) is 0 Å². The first-order valence-electron chi connectivity index (χ1n) is 9.72. The summed E-state index contributed by atoms with van der Waals surface area (Å²) in [4.78, 5) is 30.3. The van der Waals surface area contributed by atoms with E-state index in [9.17, 15) is 9.59 Å². The number of amides is 2. The van der Waals surface area contributed by atoms with Gasteiger partial charge in [0.2, 0.25) is 5.91 Å². The van der Waals surface area contributed by atoms with E-state index in [1.165, 1.54) is 11.3 Å². The summed E-state index contributed by atoms with van der Waals surface area (Å²) in [6.07, 6.45) is 1.97. The molecule has 1 aromatic carbocycles. The van der Waals surface area contributed by atoms with Gasteiger partial charge in [0.1, 0.15) is 6.54 Å². The number of hydrogen-bond acceptors (Lipinski definition) is 3. The van der Waals surface area contributed by atoms with E-state index in [2.05, 4.69) is 0 Å². The molecule has 2 amide bonds. The van der Waals surface area contributed by atoms with Gasteiger partial charge in [0.15, 0.2) is 0 Å². The minimum atomic E-state index is -0.0955. The van der Waals surface area contributed by atoms with Crippen molar-refractivity contribution >= 4 is 23.2 Å². The first-order chi connectivity index (χ1) is 14.0. The molecule has 0 aliphatic rings. The molecule has 0 unspecified atom stereocenters. The highest BCUT2D eigenvalue weighted by molar-refractivity contribution is 7.12. The molecule has 5 nitrogen and oxygen atoms in total. The third-order valence-corrected chi connectivity index (χ3v) is 5.75. The Hall–Kier alpha value is -2.86. The molecular formula is C23H27N3O2S. The topological polar surface area (TPSA) is 45.6 Å². The number of aromatic nitrogens is 1. The Morgan fingerprint density at radius 3 is 2.34 bits per heavy atom. The zero-order chi connectivity index (χ0) is 20.8. The van der Waals surface area contributed by atoms with E-state index in [-0.39, 0.29) is 24.4 Å². The molecule has 0 spiro atoms. The Bertz CT molecular complexity index is 932. The summed E-state index contributed by atoms with van der Waals surface area (Å²) in [7, 11) is 1.97. The molecule has 0 radical (unpaired) electrons. The van der Waals surface area contributed by atoms with Crippen molar-refractivity contribution < 1.29 is 9.59 Å². The lowest BCUT2D eigenvalue weighted by atomic mass is 10.2. The first kappa shape index (κ1) is 20.9. The lowest BCUT2D eigenvalue weighted by molar-refractivity contribution is -0.133. The van der Waals surface area contributed by atoms with Crippen molar-refractivity contribution in [1.29, 1.82) is 0 Å². The standard InChI is InChI=1S/C23H27N3O2S/c1-18(2)26(23(28)21-12-8-14-29-21)17-22(27)25(15-19-9-5-4-6-10-19)16-20-11-7-13-24(20)3/h4-14,18H,15-17H2,1-3H3. The largest absolute Gasteiger partial charge is 0.353 e. The van der Waals surface area contributed by atoms with Gasteiger partial charge in [-0.15, -0.1) is 11.3 Å². The molecule has 29 heavy (non-hydrogen) atoms. The molecule has 3 aromatic rings. The number of rotatable bonds is 8. The van der Waals surface area contributed by atoms with Crippen molar-refractivity contribution in [2.24, 2.45) is 7.05 Å². The maximum Gasteiger partial charge on any atom is 0.264 e. The summed E-state index contributed by atoms with van der Waals surface area (Å²) in [6.45, 7) is 4.95. The molecular weight excluding hydrogens is 382 g/mol. The summed E-state index contributed by atoms with van der Waals surface area (Å²) in [5, 5.41) is 1.88. The number of aryl methyl sites for hydroxylation is 1. The Balaban J connectivity index is 1.80. The highest BCUT2D eigenvalue weighted by atomic mass is 32.1. The van der Waals surface area contributed by atoms with E-state index in [0.29, 0.717) is 18.0 Å². The fourth-order valence-electron chi connectivity index (χ4n) is 3.17. The van der Waals surface area contributed by atoms with Crippen LogP contribution in [-0.2, 0) is 24.9 Å². The summed E-state index contributed by atoms with van der Waals surface area (Å²) < 4.78 is 2.02. The molecule has 0 bridgehead atoms. The third kappa shape index (κ3) is 5.35. The van der Waals surface area contributed by atoms with Gasteiger partial charge in [0, 0.05) is 31.5 Å². The molecule has 0 atom stereocenters. The van der Waals surface area contributed by atoms with E-state index < -0.39 is 0 Å². The van der Waals surface area contributed by atoms with Gasteiger partial charge in [-0.05, 0) is 43.0 Å². The van der Waals surface area contributed by atoms with Crippen LogP contribution in [0.2, 0.25) is 0 Å². The van der Waals surface area contributed by atoms with Gasteiger partial charge in [0.05, 0.1) is 11.4 Å². The van der Waals surface area contributed by atoms with Gasteiger partial charge in [-0.2, -0.15) is 0 Å².